The molecule has 2 heteroatoms. The highest BCUT2D eigenvalue weighted by Crippen LogP contribution is 2.21. The summed E-state index contributed by atoms with van der Waals surface area (Å²) in [5.41, 5.74) is 1.01. The molecule has 0 aliphatic heterocycles. The monoisotopic (exact) mass is 240 g/mol. The van der Waals surface area contributed by atoms with Crippen molar-refractivity contribution < 1.29 is 9.84 Å². The molecule has 2 rings (SSSR count). The Morgan fingerprint density at radius 3 is 2.67 bits per heavy atom. The molecule has 1 N–H and O–H groups in total. The minimum absolute atomic E-state index is 0.201. The van der Waals surface area contributed by atoms with Crippen LogP contribution in [0.3, 0.4) is 0 Å². The standard InChI is InChI=1S/C16H16O2/c1-18-16-9-8-14-11-13(5-3-2-4-10-17)6-7-15(14)12-16/h6-9,11-12,17H,2,4,10H2,1H3. The Hall–Kier alpha value is -1.98. The van der Waals surface area contributed by atoms with Crippen LogP contribution in [0.15, 0.2) is 36.4 Å². The second-order valence-electron chi connectivity index (χ2n) is 4.06. The van der Waals surface area contributed by atoms with Crippen LogP contribution in [-0.4, -0.2) is 18.8 Å². The lowest BCUT2D eigenvalue weighted by Gasteiger charge is -2.02. The molecule has 0 heterocycles. The highest BCUT2D eigenvalue weighted by Gasteiger charge is 1.97. The van der Waals surface area contributed by atoms with Crippen LogP contribution in [0, 0.1) is 11.8 Å². The van der Waals surface area contributed by atoms with Crippen molar-refractivity contribution in [3.63, 3.8) is 0 Å². The van der Waals surface area contributed by atoms with Gasteiger partial charge in [0.1, 0.15) is 5.75 Å². The van der Waals surface area contributed by atoms with Crippen LogP contribution in [0.4, 0.5) is 0 Å². The Balaban J connectivity index is 2.24. The fourth-order valence-electron chi connectivity index (χ4n) is 1.76. The largest absolute Gasteiger partial charge is 0.497 e. The van der Waals surface area contributed by atoms with Crippen molar-refractivity contribution in [3.8, 4) is 17.6 Å². The summed E-state index contributed by atoms with van der Waals surface area (Å²) < 4.78 is 5.19. The molecule has 0 aliphatic rings. The minimum atomic E-state index is 0.201. The number of unbranched alkanes of at least 4 members (excludes halogenated alkanes) is 1. The number of fused-ring (bicyclic) bond motifs is 1. The second kappa shape index (κ2) is 6.09. The van der Waals surface area contributed by atoms with Crippen LogP contribution in [0.5, 0.6) is 5.75 Å². The van der Waals surface area contributed by atoms with E-state index in [1.807, 2.05) is 30.3 Å². The molecule has 0 saturated heterocycles. The number of hydrogen-bond donors (Lipinski definition) is 1. The molecule has 18 heavy (non-hydrogen) atoms. The van der Waals surface area contributed by atoms with Crippen LogP contribution < -0.4 is 4.74 Å². The third-order valence-electron chi connectivity index (χ3n) is 2.74. The smallest absolute Gasteiger partial charge is 0.119 e. The van der Waals surface area contributed by atoms with Gasteiger partial charge in [-0.3, -0.25) is 0 Å². The molecule has 2 aromatic rings. The summed E-state index contributed by atoms with van der Waals surface area (Å²) in [7, 11) is 1.67. The first-order valence-electron chi connectivity index (χ1n) is 6.01. The summed E-state index contributed by atoms with van der Waals surface area (Å²) in [6, 6.07) is 12.1. The van der Waals surface area contributed by atoms with E-state index in [1.165, 1.54) is 0 Å². The molecule has 0 atom stereocenters. The SMILES string of the molecule is COc1ccc2cc(C#CCCCO)ccc2c1. The molecule has 0 fully saturated rings. The van der Waals surface area contributed by atoms with Crippen LogP contribution >= 0.6 is 0 Å². The fourth-order valence-corrected chi connectivity index (χ4v) is 1.76. The molecule has 0 aliphatic carbocycles. The van der Waals surface area contributed by atoms with Crippen LogP contribution in [0.2, 0.25) is 0 Å². The van der Waals surface area contributed by atoms with E-state index in [1.54, 1.807) is 7.11 Å². The molecule has 0 unspecified atom stereocenters. The lowest BCUT2D eigenvalue weighted by Crippen LogP contribution is -1.83. The fraction of sp³-hybridized carbons (Fsp3) is 0.250. The van der Waals surface area contributed by atoms with E-state index >= 15 is 0 Å². The maximum atomic E-state index is 8.67. The van der Waals surface area contributed by atoms with Gasteiger partial charge >= 0.3 is 0 Å². The maximum absolute atomic E-state index is 8.67. The van der Waals surface area contributed by atoms with Crippen molar-refractivity contribution >= 4 is 10.8 Å². The number of aliphatic hydroxyl groups is 1. The maximum Gasteiger partial charge on any atom is 0.119 e. The first-order valence-corrected chi connectivity index (χ1v) is 6.01. The molecule has 0 radical (unpaired) electrons. The van der Waals surface area contributed by atoms with E-state index in [-0.39, 0.29) is 6.61 Å². The summed E-state index contributed by atoms with van der Waals surface area (Å²) in [6.07, 6.45) is 1.47. The number of hydrogen-bond acceptors (Lipinski definition) is 2. The van der Waals surface area contributed by atoms with Gasteiger partial charge in [-0.25, -0.2) is 0 Å². The summed E-state index contributed by atoms with van der Waals surface area (Å²) in [5.74, 6) is 7.03. The first-order chi connectivity index (χ1) is 8.83. The Bertz CT molecular complexity index is 591. The number of benzene rings is 2. The average Bonchev–Trinajstić information content (AvgIpc) is 2.43. The van der Waals surface area contributed by atoms with Gasteiger partial charge in [0.05, 0.1) is 7.11 Å². The van der Waals surface area contributed by atoms with Crippen molar-refractivity contribution in [2.75, 3.05) is 13.7 Å². The van der Waals surface area contributed by atoms with E-state index in [9.17, 15) is 0 Å². The van der Waals surface area contributed by atoms with Gasteiger partial charge in [-0.1, -0.05) is 24.0 Å². The Kier molecular flexibility index (Phi) is 4.22. The predicted octanol–water partition coefficient (Wildman–Crippen LogP) is 2.97. The normalized spacial score (nSPS) is 9.89. The number of methoxy groups -OCH3 is 1. The molecule has 0 spiro atoms. The van der Waals surface area contributed by atoms with Gasteiger partial charge in [0.15, 0.2) is 0 Å². The number of aliphatic hydroxyl groups excluding tert-OH is 1. The average molecular weight is 240 g/mol. The highest BCUT2D eigenvalue weighted by atomic mass is 16.5. The van der Waals surface area contributed by atoms with Crippen molar-refractivity contribution in [2.45, 2.75) is 12.8 Å². The van der Waals surface area contributed by atoms with Crippen molar-refractivity contribution in [1.82, 2.24) is 0 Å². The zero-order valence-corrected chi connectivity index (χ0v) is 10.4. The predicted molar refractivity (Wildman–Crippen MR) is 73.7 cm³/mol. The van der Waals surface area contributed by atoms with Crippen molar-refractivity contribution in [1.29, 1.82) is 0 Å². The van der Waals surface area contributed by atoms with Crippen LogP contribution in [-0.2, 0) is 0 Å². The third kappa shape index (κ3) is 3.03. The van der Waals surface area contributed by atoms with E-state index in [0.29, 0.717) is 0 Å². The van der Waals surface area contributed by atoms with E-state index in [4.69, 9.17) is 9.84 Å². The Labute approximate surface area is 107 Å². The highest BCUT2D eigenvalue weighted by molar-refractivity contribution is 5.85. The van der Waals surface area contributed by atoms with Crippen LogP contribution in [0.1, 0.15) is 18.4 Å². The van der Waals surface area contributed by atoms with E-state index < -0.39 is 0 Å². The van der Waals surface area contributed by atoms with Gasteiger partial charge in [-0.05, 0) is 41.5 Å². The molecule has 92 valence electrons. The van der Waals surface area contributed by atoms with E-state index in [2.05, 4.69) is 17.9 Å². The summed E-state index contributed by atoms with van der Waals surface area (Å²) in [5, 5.41) is 11.0. The van der Waals surface area contributed by atoms with Gasteiger partial charge < -0.3 is 9.84 Å². The van der Waals surface area contributed by atoms with E-state index in [0.717, 1.165) is 34.9 Å². The molecule has 2 aromatic carbocycles. The molecule has 0 bridgehead atoms. The summed E-state index contributed by atoms with van der Waals surface area (Å²) in [6.45, 7) is 0.201. The molecular weight excluding hydrogens is 224 g/mol. The molecular formula is C16H16O2. The Morgan fingerprint density at radius 1 is 1.11 bits per heavy atom. The van der Waals surface area contributed by atoms with Gasteiger partial charge in [-0.15, -0.1) is 0 Å². The zero-order valence-electron chi connectivity index (χ0n) is 10.4. The van der Waals surface area contributed by atoms with Gasteiger partial charge in [0.2, 0.25) is 0 Å². The lowest BCUT2D eigenvalue weighted by atomic mass is 10.1. The quantitative estimate of drug-likeness (QED) is 0.660. The topological polar surface area (TPSA) is 29.5 Å². The Morgan fingerprint density at radius 2 is 1.89 bits per heavy atom. The van der Waals surface area contributed by atoms with Gasteiger partial charge in [0, 0.05) is 18.6 Å². The molecule has 0 aromatic heterocycles. The summed E-state index contributed by atoms with van der Waals surface area (Å²) in [4.78, 5) is 0. The van der Waals surface area contributed by atoms with Gasteiger partial charge in [-0.2, -0.15) is 0 Å². The number of ether oxygens (including phenoxy) is 1. The second-order valence-corrected chi connectivity index (χ2v) is 4.06. The summed E-state index contributed by atoms with van der Waals surface area (Å²) >= 11 is 0. The molecule has 0 amide bonds. The first kappa shape index (κ1) is 12.5. The third-order valence-corrected chi connectivity index (χ3v) is 2.74. The van der Waals surface area contributed by atoms with Crippen LogP contribution in [0.25, 0.3) is 10.8 Å². The van der Waals surface area contributed by atoms with Crippen molar-refractivity contribution in [3.05, 3.63) is 42.0 Å². The minimum Gasteiger partial charge on any atom is -0.497 e. The zero-order chi connectivity index (χ0) is 12.8. The molecule has 0 saturated carbocycles. The van der Waals surface area contributed by atoms with Crippen molar-refractivity contribution in [2.24, 2.45) is 0 Å². The number of rotatable bonds is 3. The molecule has 2 nitrogen and oxygen atoms in total. The lowest BCUT2D eigenvalue weighted by molar-refractivity contribution is 0.290. The van der Waals surface area contributed by atoms with Gasteiger partial charge in [0.25, 0.3) is 0 Å².